The number of para-hydroxylation sites is 2. The molecule has 7 heteroatoms. The maximum Gasteiger partial charge on any atom is 0.338 e. The van der Waals surface area contributed by atoms with Gasteiger partial charge in [0.05, 0.1) is 30.9 Å². The van der Waals surface area contributed by atoms with E-state index in [9.17, 15) is 14.4 Å². The Bertz CT molecular complexity index is 926. The first kappa shape index (κ1) is 22.3. The fourth-order valence-corrected chi connectivity index (χ4v) is 3.50. The number of unbranched alkanes of at least 4 members (excludes halogenated alkanes) is 2. The Morgan fingerprint density at radius 2 is 1.84 bits per heavy atom. The lowest BCUT2D eigenvalue weighted by Gasteiger charge is -2.19. The number of anilines is 2. The summed E-state index contributed by atoms with van der Waals surface area (Å²) in [6.45, 7) is 2.78. The molecular formula is C24H28N2O5. The van der Waals surface area contributed by atoms with Crippen LogP contribution in [0.2, 0.25) is 0 Å². The second-order valence-corrected chi connectivity index (χ2v) is 7.49. The Hall–Kier alpha value is -3.35. The summed E-state index contributed by atoms with van der Waals surface area (Å²) in [6, 6.07) is 13.8. The van der Waals surface area contributed by atoms with Crippen LogP contribution in [0.25, 0.3) is 0 Å². The van der Waals surface area contributed by atoms with E-state index in [0.717, 1.165) is 19.3 Å². The van der Waals surface area contributed by atoms with E-state index in [2.05, 4.69) is 12.2 Å². The number of carbonyl (C=O) groups excluding carboxylic acids is 3. The first-order valence-corrected chi connectivity index (χ1v) is 10.5. The lowest BCUT2D eigenvalue weighted by atomic mass is 10.1. The highest BCUT2D eigenvalue weighted by molar-refractivity contribution is 6.04. The summed E-state index contributed by atoms with van der Waals surface area (Å²) in [7, 11) is 1.55. The predicted molar refractivity (Wildman–Crippen MR) is 118 cm³/mol. The molecule has 2 amide bonds. The van der Waals surface area contributed by atoms with E-state index in [1.54, 1.807) is 48.4 Å². The molecule has 2 aromatic carbocycles. The highest BCUT2D eigenvalue weighted by Crippen LogP contribution is 2.33. The number of hydrogen-bond donors (Lipinski definition) is 1. The van der Waals surface area contributed by atoms with Gasteiger partial charge in [0.1, 0.15) is 5.75 Å². The molecule has 0 radical (unpaired) electrons. The van der Waals surface area contributed by atoms with Gasteiger partial charge in [0, 0.05) is 18.7 Å². The van der Waals surface area contributed by atoms with E-state index in [1.165, 1.54) is 0 Å². The minimum absolute atomic E-state index is 0.120. The number of rotatable bonds is 9. The van der Waals surface area contributed by atoms with Crippen LogP contribution < -0.4 is 15.0 Å². The zero-order valence-electron chi connectivity index (χ0n) is 17.9. The number of nitrogens with zero attached hydrogens (tertiary/aromatic N) is 1. The zero-order chi connectivity index (χ0) is 22.2. The Morgan fingerprint density at radius 3 is 2.55 bits per heavy atom. The molecule has 0 bridgehead atoms. The first-order chi connectivity index (χ1) is 15.0. The largest absolute Gasteiger partial charge is 0.495 e. The average Bonchev–Trinajstić information content (AvgIpc) is 3.18. The minimum Gasteiger partial charge on any atom is -0.495 e. The molecule has 1 fully saturated rings. The number of carbonyl (C=O) groups is 3. The van der Waals surface area contributed by atoms with Crippen molar-refractivity contribution in [2.24, 2.45) is 5.92 Å². The van der Waals surface area contributed by atoms with Gasteiger partial charge >= 0.3 is 5.97 Å². The van der Waals surface area contributed by atoms with Gasteiger partial charge in [-0.1, -0.05) is 31.9 Å². The number of esters is 1. The molecule has 2 aromatic rings. The molecule has 31 heavy (non-hydrogen) atoms. The van der Waals surface area contributed by atoms with E-state index < -0.39 is 5.92 Å². The van der Waals surface area contributed by atoms with Crippen LogP contribution in [-0.2, 0) is 14.3 Å². The Morgan fingerprint density at radius 1 is 1.10 bits per heavy atom. The van der Waals surface area contributed by atoms with Crippen LogP contribution >= 0.6 is 0 Å². The highest BCUT2D eigenvalue weighted by Gasteiger charge is 2.36. The van der Waals surface area contributed by atoms with E-state index in [0.29, 0.717) is 29.3 Å². The van der Waals surface area contributed by atoms with Gasteiger partial charge in [-0.3, -0.25) is 9.59 Å². The van der Waals surface area contributed by atoms with Gasteiger partial charge in [0.2, 0.25) is 11.8 Å². The standard InChI is InChI=1S/C24H28N2O5/c1-3-4-7-14-31-24(29)17-10-12-19(13-11-17)25-23(28)18-15-22(27)26(16-18)20-8-5-6-9-21(20)30-2/h5-6,8-13,18H,3-4,7,14-16H2,1-2H3,(H,25,28)/t18-/m1/s1. The van der Waals surface area contributed by atoms with Crippen molar-refractivity contribution >= 4 is 29.2 Å². The van der Waals surface area contributed by atoms with E-state index in [1.807, 2.05) is 12.1 Å². The quantitative estimate of drug-likeness (QED) is 0.485. The lowest BCUT2D eigenvalue weighted by Crippen LogP contribution is -2.28. The SMILES string of the molecule is CCCCCOC(=O)c1ccc(NC(=O)[C@@H]2CC(=O)N(c3ccccc3OC)C2)cc1. The van der Waals surface area contributed by atoms with E-state index in [-0.39, 0.29) is 30.7 Å². The molecule has 0 aromatic heterocycles. The van der Waals surface area contributed by atoms with Crippen molar-refractivity contribution in [3.8, 4) is 5.75 Å². The molecule has 3 rings (SSSR count). The molecule has 7 nitrogen and oxygen atoms in total. The number of methoxy groups -OCH3 is 1. The number of amides is 2. The fraction of sp³-hybridized carbons (Fsp3) is 0.375. The third-order valence-corrected chi connectivity index (χ3v) is 5.24. The van der Waals surface area contributed by atoms with Gasteiger partial charge in [-0.05, 0) is 42.8 Å². The van der Waals surface area contributed by atoms with Crippen molar-refractivity contribution in [3.05, 3.63) is 54.1 Å². The minimum atomic E-state index is -0.472. The Labute approximate surface area is 182 Å². The smallest absolute Gasteiger partial charge is 0.338 e. The monoisotopic (exact) mass is 424 g/mol. The molecule has 0 spiro atoms. The van der Waals surface area contributed by atoms with Crippen LogP contribution in [-0.4, -0.2) is 38.0 Å². The molecule has 0 aliphatic carbocycles. The summed E-state index contributed by atoms with van der Waals surface area (Å²) in [5.41, 5.74) is 1.66. The average molecular weight is 424 g/mol. The van der Waals surface area contributed by atoms with Gasteiger partial charge in [0.25, 0.3) is 0 Å². The second kappa shape index (κ2) is 10.6. The molecule has 1 aliphatic rings. The maximum atomic E-state index is 12.7. The van der Waals surface area contributed by atoms with Crippen LogP contribution in [0.15, 0.2) is 48.5 Å². The molecule has 164 valence electrons. The summed E-state index contributed by atoms with van der Waals surface area (Å²) in [5, 5.41) is 2.83. The first-order valence-electron chi connectivity index (χ1n) is 10.5. The van der Waals surface area contributed by atoms with Gasteiger partial charge in [-0.25, -0.2) is 4.79 Å². The van der Waals surface area contributed by atoms with Crippen LogP contribution in [0.4, 0.5) is 11.4 Å². The second-order valence-electron chi connectivity index (χ2n) is 7.49. The van der Waals surface area contributed by atoms with Crippen LogP contribution in [0, 0.1) is 5.92 Å². The van der Waals surface area contributed by atoms with Gasteiger partial charge < -0.3 is 19.7 Å². The van der Waals surface area contributed by atoms with Gasteiger partial charge in [-0.15, -0.1) is 0 Å². The maximum absolute atomic E-state index is 12.7. The van der Waals surface area contributed by atoms with E-state index in [4.69, 9.17) is 9.47 Å². The van der Waals surface area contributed by atoms with Crippen molar-refractivity contribution in [2.75, 3.05) is 30.5 Å². The highest BCUT2D eigenvalue weighted by atomic mass is 16.5. The molecule has 1 atom stereocenters. The summed E-state index contributed by atoms with van der Waals surface area (Å²) < 4.78 is 10.6. The number of benzene rings is 2. The molecule has 0 unspecified atom stereocenters. The third kappa shape index (κ3) is 5.63. The Kier molecular flexibility index (Phi) is 7.65. The van der Waals surface area contributed by atoms with Crippen molar-refractivity contribution in [1.29, 1.82) is 0 Å². The topological polar surface area (TPSA) is 84.9 Å². The molecule has 0 saturated carbocycles. The Balaban J connectivity index is 1.57. The predicted octanol–water partition coefficient (Wildman–Crippen LogP) is 4.03. The number of ether oxygens (including phenoxy) is 2. The third-order valence-electron chi connectivity index (χ3n) is 5.24. The number of hydrogen-bond acceptors (Lipinski definition) is 5. The molecule has 1 N–H and O–H groups in total. The summed E-state index contributed by atoms with van der Waals surface area (Å²) in [5.74, 6) is -0.607. The molecule has 1 aliphatic heterocycles. The fourth-order valence-electron chi connectivity index (χ4n) is 3.50. The van der Waals surface area contributed by atoms with Crippen molar-refractivity contribution in [2.45, 2.75) is 32.6 Å². The van der Waals surface area contributed by atoms with Crippen LogP contribution in [0.1, 0.15) is 43.0 Å². The van der Waals surface area contributed by atoms with Crippen molar-refractivity contribution < 1.29 is 23.9 Å². The van der Waals surface area contributed by atoms with Crippen LogP contribution in [0.5, 0.6) is 5.75 Å². The van der Waals surface area contributed by atoms with E-state index >= 15 is 0 Å². The lowest BCUT2D eigenvalue weighted by molar-refractivity contribution is -0.122. The van der Waals surface area contributed by atoms with Gasteiger partial charge in [-0.2, -0.15) is 0 Å². The molecular weight excluding hydrogens is 396 g/mol. The van der Waals surface area contributed by atoms with Gasteiger partial charge in [0.15, 0.2) is 0 Å². The zero-order valence-corrected chi connectivity index (χ0v) is 17.9. The summed E-state index contributed by atoms with van der Waals surface area (Å²) >= 11 is 0. The number of nitrogens with one attached hydrogen (secondary N) is 1. The van der Waals surface area contributed by atoms with Crippen LogP contribution in [0.3, 0.4) is 0 Å². The van der Waals surface area contributed by atoms with Crippen molar-refractivity contribution in [1.82, 2.24) is 0 Å². The molecule has 1 saturated heterocycles. The molecule has 1 heterocycles. The van der Waals surface area contributed by atoms with Crippen molar-refractivity contribution in [3.63, 3.8) is 0 Å². The normalized spacial score (nSPS) is 15.6. The summed E-state index contributed by atoms with van der Waals surface area (Å²) in [4.78, 5) is 38.8. The summed E-state index contributed by atoms with van der Waals surface area (Å²) in [6.07, 6.45) is 3.07.